The topological polar surface area (TPSA) is 43.6 Å². The molecule has 0 amide bonds. The first-order valence-corrected chi connectivity index (χ1v) is 22.2. The van der Waals surface area contributed by atoms with Crippen LogP contribution in [0.3, 0.4) is 0 Å². The van der Waals surface area contributed by atoms with Crippen LogP contribution in [-0.2, 0) is 5.41 Å². The van der Waals surface area contributed by atoms with Crippen molar-refractivity contribution in [3.8, 4) is 62.1 Å². The molecule has 9 aromatic carbocycles. The molecule has 4 nitrogen and oxygen atoms in total. The Hall–Kier alpha value is -7.86. The van der Waals surface area contributed by atoms with E-state index in [4.69, 9.17) is 15.0 Å². The first-order chi connectivity index (χ1) is 31.2. The summed E-state index contributed by atoms with van der Waals surface area (Å²) in [6.45, 7) is 0. The molecule has 5 heteroatoms. The summed E-state index contributed by atoms with van der Waals surface area (Å²) in [7, 11) is 0. The second-order valence-corrected chi connectivity index (χ2v) is 17.3. The van der Waals surface area contributed by atoms with E-state index >= 15 is 0 Å². The molecule has 1 unspecified atom stereocenters. The summed E-state index contributed by atoms with van der Waals surface area (Å²) >= 11 is 1.88. The third-order valence-electron chi connectivity index (χ3n) is 12.9. The molecule has 2 aliphatic rings. The van der Waals surface area contributed by atoms with Gasteiger partial charge in [0.2, 0.25) is 0 Å². The van der Waals surface area contributed by atoms with Gasteiger partial charge in [0, 0.05) is 37.3 Å². The fourth-order valence-electron chi connectivity index (χ4n) is 10.2. The molecule has 0 radical (unpaired) electrons. The summed E-state index contributed by atoms with van der Waals surface area (Å²) in [6.07, 6.45) is 0. The van der Waals surface area contributed by atoms with Crippen molar-refractivity contribution in [2.24, 2.45) is 0 Å². The average molecular weight is 821 g/mol. The molecule has 0 aliphatic carbocycles. The SMILES string of the molecule is c1ccc(-c2ccc(-c3nc(-c4ccccc4)nc(-c4ccc(-c5cccc6c5Sc5ccccc5C65c6ccccc6-n6c7ccccc7c7cccc5c76)cc4)n3)cc2)cc1. The predicted octanol–water partition coefficient (Wildman–Crippen LogP) is 14.5. The lowest BCUT2D eigenvalue weighted by Gasteiger charge is -2.45. The molecule has 2 aliphatic heterocycles. The van der Waals surface area contributed by atoms with E-state index in [-0.39, 0.29) is 0 Å². The Balaban J connectivity index is 0.964. The van der Waals surface area contributed by atoms with Crippen LogP contribution in [0.1, 0.15) is 22.3 Å². The maximum atomic E-state index is 5.10. The fraction of sp³-hybridized carbons (Fsp3) is 0.0172. The van der Waals surface area contributed by atoms with Gasteiger partial charge in [-0.3, -0.25) is 0 Å². The van der Waals surface area contributed by atoms with Crippen LogP contribution in [0.25, 0.3) is 83.9 Å². The van der Waals surface area contributed by atoms with Crippen LogP contribution in [-0.4, -0.2) is 19.5 Å². The van der Waals surface area contributed by atoms with E-state index in [2.05, 4.69) is 199 Å². The third kappa shape index (κ3) is 5.40. The number of rotatable bonds is 5. The number of hydrogen-bond acceptors (Lipinski definition) is 4. The minimum absolute atomic E-state index is 0.540. The first kappa shape index (κ1) is 35.9. The summed E-state index contributed by atoms with van der Waals surface area (Å²) < 4.78 is 2.50. The van der Waals surface area contributed by atoms with Crippen molar-refractivity contribution in [3.63, 3.8) is 0 Å². The molecular weight excluding hydrogens is 785 g/mol. The van der Waals surface area contributed by atoms with E-state index < -0.39 is 5.41 Å². The van der Waals surface area contributed by atoms with E-state index in [0.29, 0.717) is 17.5 Å². The van der Waals surface area contributed by atoms with E-state index in [1.54, 1.807) is 0 Å². The molecule has 0 saturated heterocycles. The maximum Gasteiger partial charge on any atom is 0.164 e. The maximum absolute atomic E-state index is 5.10. The molecule has 294 valence electrons. The third-order valence-corrected chi connectivity index (χ3v) is 14.2. The molecule has 4 heterocycles. The number of para-hydroxylation sites is 3. The van der Waals surface area contributed by atoms with Crippen LogP contribution in [0, 0.1) is 0 Å². The van der Waals surface area contributed by atoms with Gasteiger partial charge < -0.3 is 4.57 Å². The van der Waals surface area contributed by atoms with Gasteiger partial charge in [-0.05, 0) is 62.7 Å². The van der Waals surface area contributed by atoms with Gasteiger partial charge in [-0.15, -0.1) is 0 Å². The zero-order valence-electron chi connectivity index (χ0n) is 34.0. The molecule has 0 saturated carbocycles. The zero-order chi connectivity index (χ0) is 41.5. The Morgan fingerprint density at radius 2 is 0.841 bits per heavy atom. The first-order valence-electron chi connectivity index (χ1n) is 21.4. The van der Waals surface area contributed by atoms with Gasteiger partial charge >= 0.3 is 0 Å². The normalized spacial score (nSPS) is 14.7. The lowest BCUT2D eigenvalue weighted by molar-refractivity contribution is 0.690. The van der Waals surface area contributed by atoms with E-state index in [9.17, 15) is 0 Å². The molecule has 13 rings (SSSR count). The van der Waals surface area contributed by atoms with Gasteiger partial charge in [0.1, 0.15) is 0 Å². The lowest BCUT2D eigenvalue weighted by Crippen LogP contribution is -2.37. The monoisotopic (exact) mass is 820 g/mol. The minimum Gasteiger partial charge on any atom is -0.309 e. The standard InChI is InChI=1S/C58H36N4S/c1-3-15-37(16-4-1)38-29-33-41(34-30-38)56-59-55(40-17-5-2-6-18-40)60-57(61-56)42-35-31-39(32-36-42)43-20-13-25-49-54(43)63-52-28-12-9-23-47(52)58(49)46-22-8-11-27-51(46)62-50-26-10-7-19-44(50)45-21-14-24-48(58)53(45)62/h1-36H. The number of aromatic nitrogens is 4. The van der Waals surface area contributed by atoms with E-state index in [1.807, 2.05) is 36.0 Å². The number of nitrogens with zero attached hydrogens (tertiary/aromatic N) is 4. The lowest BCUT2D eigenvalue weighted by atomic mass is 9.62. The summed E-state index contributed by atoms with van der Waals surface area (Å²) in [4.78, 5) is 17.7. The molecule has 0 N–H and O–H groups in total. The Morgan fingerprint density at radius 1 is 0.349 bits per heavy atom. The molecule has 63 heavy (non-hydrogen) atoms. The van der Waals surface area contributed by atoms with Crippen molar-refractivity contribution < 1.29 is 0 Å². The quantitative estimate of drug-likeness (QED) is 0.173. The van der Waals surface area contributed by atoms with Crippen molar-refractivity contribution >= 4 is 33.6 Å². The summed E-state index contributed by atoms with van der Waals surface area (Å²) in [5.74, 6) is 1.92. The predicted molar refractivity (Wildman–Crippen MR) is 257 cm³/mol. The highest BCUT2D eigenvalue weighted by molar-refractivity contribution is 7.99. The summed E-state index contributed by atoms with van der Waals surface area (Å²) in [5, 5.41) is 2.55. The molecule has 11 aromatic rings. The molecule has 1 atom stereocenters. The van der Waals surface area contributed by atoms with Crippen molar-refractivity contribution in [1.82, 2.24) is 19.5 Å². The highest BCUT2D eigenvalue weighted by Gasteiger charge is 2.49. The van der Waals surface area contributed by atoms with Crippen molar-refractivity contribution in [2.75, 3.05) is 0 Å². The highest BCUT2D eigenvalue weighted by Crippen LogP contribution is 2.61. The van der Waals surface area contributed by atoms with Crippen LogP contribution >= 0.6 is 11.8 Å². The van der Waals surface area contributed by atoms with Gasteiger partial charge in [-0.25, -0.2) is 15.0 Å². The summed E-state index contributed by atoms with van der Waals surface area (Å²) in [5.41, 5.74) is 15.9. The van der Waals surface area contributed by atoms with Crippen LogP contribution in [0.4, 0.5) is 0 Å². The van der Waals surface area contributed by atoms with Crippen molar-refractivity contribution in [2.45, 2.75) is 15.2 Å². The molecule has 1 spiro atoms. The van der Waals surface area contributed by atoms with Gasteiger partial charge in [0.05, 0.1) is 22.1 Å². The second kappa shape index (κ2) is 14.1. The molecule has 0 bridgehead atoms. The fourth-order valence-corrected chi connectivity index (χ4v) is 11.5. The molecular formula is C58H36N4S. The van der Waals surface area contributed by atoms with Crippen LogP contribution in [0.5, 0.6) is 0 Å². The van der Waals surface area contributed by atoms with Crippen LogP contribution in [0.2, 0.25) is 0 Å². The Kier molecular flexibility index (Phi) is 8.02. The van der Waals surface area contributed by atoms with Crippen LogP contribution < -0.4 is 0 Å². The molecule has 0 fully saturated rings. The Bertz CT molecular complexity index is 3580. The summed E-state index contributed by atoms with van der Waals surface area (Å²) in [6, 6.07) is 78.6. The number of fused-ring (bicyclic) bond motifs is 11. The highest BCUT2D eigenvalue weighted by atomic mass is 32.2. The van der Waals surface area contributed by atoms with Gasteiger partial charge in [0.25, 0.3) is 0 Å². The largest absolute Gasteiger partial charge is 0.309 e. The van der Waals surface area contributed by atoms with Crippen molar-refractivity contribution in [1.29, 1.82) is 0 Å². The van der Waals surface area contributed by atoms with Gasteiger partial charge in [0.15, 0.2) is 17.5 Å². The Labute approximate surface area is 369 Å². The number of hydrogen-bond donors (Lipinski definition) is 0. The number of benzene rings is 9. The second-order valence-electron chi connectivity index (χ2n) is 16.3. The van der Waals surface area contributed by atoms with Gasteiger partial charge in [-0.1, -0.05) is 212 Å². The Morgan fingerprint density at radius 3 is 1.57 bits per heavy atom. The van der Waals surface area contributed by atoms with Gasteiger partial charge in [-0.2, -0.15) is 0 Å². The minimum atomic E-state index is -0.540. The molecule has 2 aromatic heterocycles. The van der Waals surface area contributed by atoms with Crippen molar-refractivity contribution in [3.05, 3.63) is 241 Å². The van der Waals surface area contributed by atoms with Crippen LogP contribution in [0.15, 0.2) is 228 Å². The average Bonchev–Trinajstić information content (AvgIpc) is 3.71. The van der Waals surface area contributed by atoms with E-state index in [1.165, 1.54) is 70.7 Å². The van der Waals surface area contributed by atoms with E-state index in [0.717, 1.165) is 27.8 Å². The zero-order valence-corrected chi connectivity index (χ0v) is 34.8. The smallest absolute Gasteiger partial charge is 0.164 e.